The fourth-order valence-corrected chi connectivity index (χ4v) is 2.93. The minimum Gasteiger partial charge on any atom is -0.488 e. The van der Waals surface area contributed by atoms with E-state index in [0.29, 0.717) is 6.61 Å². The zero-order valence-corrected chi connectivity index (χ0v) is 15.6. The lowest BCUT2D eigenvalue weighted by atomic mass is 10.1. The minimum absolute atomic E-state index is 0.475. The third kappa shape index (κ3) is 4.81. The molecular formula is C19H18ClN3OS. The highest BCUT2D eigenvalue weighted by Gasteiger charge is 2.10. The van der Waals surface area contributed by atoms with Crippen molar-refractivity contribution in [2.45, 2.75) is 20.5 Å². The fourth-order valence-electron chi connectivity index (χ4n) is 2.15. The van der Waals surface area contributed by atoms with E-state index in [9.17, 15) is 0 Å². The number of thiazole rings is 1. The van der Waals surface area contributed by atoms with Crippen LogP contribution in [0.2, 0.25) is 5.02 Å². The van der Waals surface area contributed by atoms with Crippen molar-refractivity contribution in [2.75, 3.05) is 5.43 Å². The molecule has 4 nitrogen and oxygen atoms in total. The van der Waals surface area contributed by atoms with Gasteiger partial charge in [-0.3, -0.25) is 5.43 Å². The van der Waals surface area contributed by atoms with Crippen LogP contribution in [0.25, 0.3) is 11.3 Å². The predicted octanol–water partition coefficient (Wildman–Crippen LogP) is 5.85. The average molecular weight is 372 g/mol. The quantitative estimate of drug-likeness (QED) is 0.436. The first-order valence-electron chi connectivity index (χ1n) is 7.81. The Balaban J connectivity index is 1.76. The molecule has 1 aromatic heterocycles. The van der Waals surface area contributed by atoms with E-state index in [1.165, 1.54) is 11.3 Å². The van der Waals surface area contributed by atoms with Crippen LogP contribution in [-0.2, 0) is 6.61 Å². The molecule has 0 atom stereocenters. The first-order valence-corrected chi connectivity index (χ1v) is 9.06. The molecule has 0 fully saturated rings. The second kappa shape index (κ2) is 8.14. The monoisotopic (exact) mass is 371 g/mol. The Morgan fingerprint density at radius 2 is 1.92 bits per heavy atom. The van der Waals surface area contributed by atoms with Crippen LogP contribution in [0.15, 0.2) is 59.0 Å². The molecule has 2 aromatic carbocycles. The largest absolute Gasteiger partial charge is 0.488 e. The van der Waals surface area contributed by atoms with Crippen LogP contribution >= 0.6 is 22.9 Å². The summed E-state index contributed by atoms with van der Waals surface area (Å²) >= 11 is 7.43. The molecule has 0 spiro atoms. The molecular weight excluding hydrogens is 354 g/mol. The van der Waals surface area contributed by atoms with Gasteiger partial charge in [0.25, 0.3) is 0 Å². The molecule has 0 aliphatic carbocycles. The molecule has 6 heteroatoms. The van der Waals surface area contributed by atoms with E-state index >= 15 is 0 Å². The van der Waals surface area contributed by atoms with Crippen LogP contribution in [-0.4, -0.2) is 10.7 Å². The van der Waals surface area contributed by atoms with E-state index < -0.39 is 0 Å². The summed E-state index contributed by atoms with van der Waals surface area (Å²) in [6.45, 7) is 4.34. The van der Waals surface area contributed by atoms with Gasteiger partial charge in [0.15, 0.2) is 0 Å². The maximum atomic E-state index is 6.00. The van der Waals surface area contributed by atoms with Crippen molar-refractivity contribution < 1.29 is 4.74 Å². The number of benzene rings is 2. The van der Waals surface area contributed by atoms with Crippen LogP contribution in [0.5, 0.6) is 5.75 Å². The maximum absolute atomic E-state index is 6.00. The molecule has 0 unspecified atom stereocenters. The molecule has 0 aliphatic rings. The number of nitrogens with zero attached hydrogens (tertiary/aromatic N) is 2. The molecule has 128 valence electrons. The summed E-state index contributed by atoms with van der Waals surface area (Å²) in [7, 11) is 0. The standard InChI is InChI=1S/C19H18ClN3OS/c1-13(2)22-23-19-21-17(12-25-19)16-5-3-4-6-18(16)24-11-14-7-9-15(20)10-8-14/h3-10,12H,11H2,1-2H3,(H,21,23). The van der Waals surface area contributed by atoms with E-state index in [0.717, 1.165) is 38.4 Å². The van der Waals surface area contributed by atoms with E-state index in [1.54, 1.807) is 0 Å². The molecule has 1 N–H and O–H groups in total. The summed E-state index contributed by atoms with van der Waals surface area (Å²) in [4.78, 5) is 4.58. The van der Waals surface area contributed by atoms with Crippen molar-refractivity contribution in [1.29, 1.82) is 0 Å². The Hall–Kier alpha value is -2.37. The number of halogens is 1. The maximum Gasteiger partial charge on any atom is 0.203 e. The zero-order chi connectivity index (χ0) is 17.6. The summed E-state index contributed by atoms with van der Waals surface area (Å²) in [6.07, 6.45) is 0. The second-order valence-corrected chi connectivity index (χ2v) is 6.91. The van der Waals surface area contributed by atoms with Gasteiger partial charge in [-0.15, -0.1) is 11.3 Å². The Bertz CT molecular complexity index is 870. The summed E-state index contributed by atoms with van der Waals surface area (Å²) < 4.78 is 6.00. The lowest BCUT2D eigenvalue weighted by molar-refractivity contribution is 0.307. The molecule has 25 heavy (non-hydrogen) atoms. The topological polar surface area (TPSA) is 46.5 Å². The van der Waals surface area contributed by atoms with Gasteiger partial charge in [-0.2, -0.15) is 5.10 Å². The molecule has 0 aliphatic heterocycles. The normalized spacial score (nSPS) is 10.4. The molecule has 0 saturated carbocycles. The van der Waals surface area contributed by atoms with Gasteiger partial charge in [0.05, 0.1) is 5.69 Å². The Labute approximate surface area is 156 Å². The van der Waals surface area contributed by atoms with Gasteiger partial charge in [-0.1, -0.05) is 35.9 Å². The van der Waals surface area contributed by atoms with Crippen molar-refractivity contribution in [3.63, 3.8) is 0 Å². The van der Waals surface area contributed by atoms with Crippen LogP contribution in [0, 0.1) is 0 Å². The highest BCUT2D eigenvalue weighted by atomic mass is 35.5. The van der Waals surface area contributed by atoms with E-state index in [4.69, 9.17) is 16.3 Å². The molecule has 0 radical (unpaired) electrons. The SMILES string of the molecule is CC(C)=NNc1nc(-c2ccccc2OCc2ccc(Cl)cc2)cs1. The average Bonchev–Trinajstić information content (AvgIpc) is 3.08. The third-order valence-corrected chi connectivity index (χ3v) is 4.35. The van der Waals surface area contributed by atoms with Gasteiger partial charge in [0, 0.05) is 21.7 Å². The van der Waals surface area contributed by atoms with Gasteiger partial charge in [-0.25, -0.2) is 4.98 Å². The minimum atomic E-state index is 0.475. The number of anilines is 1. The van der Waals surface area contributed by atoms with E-state index in [1.807, 2.05) is 67.8 Å². The van der Waals surface area contributed by atoms with Crippen molar-refractivity contribution in [3.8, 4) is 17.0 Å². The number of hydrazone groups is 1. The van der Waals surface area contributed by atoms with Crippen LogP contribution in [0.3, 0.4) is 0 Å². The molecule has 0 amide bonds. The number of hydrogen-bond acceptors (Lipinski definition) is 5. The first-order chi connectivity index (χ1) is 12.1. The highest BCUT2D eigenvalue weighted by molar-refractivity contribution is 7.14. The highest BCUT2D eigenvalue weighted by Crippen LogP contribution is 2.32. The summed E-state index contributed by atoms with van der Waals surface area (Å²) in [5.74, 6) is 0.796. The first kappa shape index (κ1) is 17.5. The van der Waals surface area contributed by atoms with Gasteiger partial charge in [0.2, 0.25) is 5.13 Å². The van der Waals surface area contributed by atoms with Crippen LogP contribution < -0.4 is 10.2 Å². The number of para-hydroxylation sites is 1. The fraction of sp³-hybridized carbons (Fsp3) is 0.158. The lowest BCUT2D eigenvalue weighted by Gasteiger charge is -2.10. The molecule has 0 saturated heterocycles. The molecule has 1 heterocycles. The van der Waals surface area contributed by atoms with Crippen molar-refractivity contribution in [2.24, 2.45) is 5.10 Å². The summed E-state index contributed by atoms with van der Waals surface area (Å²) in [5.41, 5.74) is 6.79. The predicted molar refractivity (Wildman–Crippen MR) is 106 cm³/mol. The smallest absolute Gasteiger partial charge is 0.203 e. The summed E-state index contributed by atoms with van der Waals surface area (Å²) in [6, 6.07) is 15.5. The van der Waals surface area contributed by atoms with Gasteiger partial charge >= 0.3 is 0 Å². The molecule has 3 aromatic rings. The number of ether oxygens (including phenoxy) is 1. The van der Waals surface area contributed by atoms with Gasteiger partial charge < -0.3 is 4.74 Å². The van der Waals surface area contributed by atoms with Gasteiger partial charge in [0.1, 0.15) is 12.4 Å². The second-order valence-electron chi connectivity index (χ2n) is 5.62. The number of aromatic nitrogens is 1. The van der Waals surface area contributed by atoms with Crippen molar-refractivity contribution >= 4 is 33.8 Å². The third-order valence-electron chi connectivity index (χ3n) is 3.35. The van der Waals surface area contributed by atoms with Crippen LogP contribution in [0.4, 0.5) is 5.13 Å². The zero-order valence-electron chi connectivity index (χ0n) is 14.0. The molecule has 0 bridgehead atoms. The lowest BCUT2D eigenvalue weighted by Crippen LogP contribution is -1.97. The summed E-state index contributed by atoms with van der Waals surface area (Å²) in [5, 5.41) is 7.65. The Kier molecular flexibility index (Phi) is 5.68. The molecule has 3 rings (SSSR count). The van der Waals surface area contributed by atoms with E-state index in [-0.39, 0.29) is 0 Å². The van der Waals surface area contributed by atoms with Crippen molar-refractivity contribution in [1.82, 2.24) is 4.98 Å². The Morgan fingerprint density at radius 3 is 2.68 bits per heavy atom. The van der Waals surface area contributed by atoms with E-state index in [2.05, 4.69) is 15.5 Å². The number of rotatable bonds is 6. The van der Waals surface area contributed by atoms with Crippen LogP contribution in [0.1, 0.15) is 19.4 Å². The van der Waals surface area contributed by atoms with Gasteiger partial charge in [-0.05, 0) is 43.7 Å². The number of nitrogens with one attached hydrogen (secondary N) is 1. The Morgan fingerprint density at radius 1 is 1.16 bits per heavy atom. The number of hydrogen-bond donors (Lipinski definition) is 1. The van der Waals surface area contributed by atoms with Crippen molar-refractivity contribution in [3.05, 3.63) is 64.5 Å².